The number of hydrogen-bond donors (Lipinski definition) is 0. The van der Waals surface area contributed by atoms with Crippen LogP contribution in [-0.2, 0) is 4.74 Å². The van der Waals surface area contributed by atoms with Crippen molar-refractivity contribution in [3.8, 4) is 0 Å². The molecule has 1 unspecified atom stereocenters. The number of allylic oxidation sites excluding steroid dienone is 4. The molecule has 2 heteroatoms. The molecule has 0 bridgehead atoms. The van der Waals surface area contributed by atoms with E-state index in [1.54, 1.807) is 6.07 Å². The van der Waals surface area contributed by atoms with E-state index in [9.17, 15) is 4.79 Å². The van der Waals surface area contributed by atoms with E-state index in [4.69, 9.17) is 4.74 Å². The Balaban J connectivity index is 2.39. The molecule has 0 aromatic heterocycles. The molecular formula is C15H16O2. The van der Waals surface area contributed by atoms with Gasteiger partial charge in [0.05, 0.1) is 12.7 Å². The van der Waals surface area contributed by atoms with E-state index >= 15 is 0 Å². The van der Waals surface area contributed by atoms with Crippen molar-refractivity contribution in [2.45, 2.75) is 13.3 Å². The molecule has 0 saturated heterocycles. The van der Waals surface area contributed by atoms with E-state index < -0.39 is 0 Å². The molecule has 0 heterocycles. The van der Waals surface area contributed by atoms with Crippen LogP contribution in [0.15, 0.2) is 42.5 Å². The minimum absolute atomic E-state index is 0.284. The van der Waals surface area contributed by atoms with E-state index in [2.05, 4.69) is 25.2 Å². The van der Waals surface area contributed by atoms with Crippen molar-refractivity contribution in [1.82, 2.24) is 0 Å². The van der Waals surface area contributed by atoms with E-state index in [0.717, 1.165) is 17.6 Å². The molecule has 1 atom stereocenters. The molecule has 0 spiro atoms. The summed E-state index contributed by atoms with van der Waals surface area (Å²) in [6.45, 7) is 2.18. The summed E-state index contributed by atoms with van der Waals surface area (Å²) in [5.74, 6) is 0.289. The largest absolute Gasteiger partial charge is 0.465 e. The Kier molecular flexibility index (Phi) is 3.43. The Bertz CT molecular complexity index is 483. The van der Waals surface area contributed by atoms with Gasteiger partial charge in [0.2, 0.25) is 0 Å². The first-order valence-electron chi connectivity index (χ1n) is 5.78. The maximum atomic E-state index is 11.7. The molecule has 2 nitrogen and oxygen atoms in total. The molecule has 1 aliphatic carbocycles. The number of esters is 1. The molecule has 1 aromatic carbocycles. The lowest BCUT2D eigenvalue weighted by molar-refractivity contribution is 0.0600. The van der Waals surface area contributed by atoms with Gasteiger partial charge in [-0.2, -0.15) is 0 Å². The zero-order valence-corrected chi connectivity index (χ0v) is 10.1. The molecular weight excluding hydrogens is 212 g/mol. The van der Waals surface area contributed by atoms with Crippen molar-refractivity contribution in [2.24, 2.45) is 5.92 Å². The summed E-state index contributed by atoms with van der Waals surface area (Å²) in [7, 11) is 1.41. The Morgan fingerprint density at radius 3 is 2.76 bits per heavy atom. The average Bonchev–Trinajstić information content (AvgIpc) is 2.39. The van der Waals surface area contributed by atoms with Crippen molar-refractivity contribution < 1.29 is 9.53 Å². The Morgan fingerprint density at radius 2 is 2.12 bits per heavy atom. The number of carbonyl (C=O) groups is 1. The van der Waals surface area contributed by atoms with Crippen LogP contribution < -0.4 is 0 Å². The molecule has 0 amide bonds. The van der Waals surface area contributed by atoms with Crippen LogP contribution in [-0.4, -0.2) is 13.1 Å². The smallest absolute Gasteiger partial charge is 0.338 e. The Labute approximate surface area is 102 Å². The molecule has 17 heavy (non-hydrogen) atoms. The SMILES string of the molecule is COC(=O)c1ccccc1C1=CCC(C)C=C1. The predicted molar refractivity (Wildman–Crippen MR) is 68.7 cm³/mol. The topological polar surface area (TPSA) is 26.3 Å². The number of carbonyl (C=O) groups excluding carboxylic acids is 1. The second kappa shape index (κ2) is 5.00. The van der Waals surface area contributed by atoms with Crippen LogP contribution >= 0.6 is 0 Å². The molecule has 88 valence electrons. The third-order valence-electron chi connectivity index (χ3n) is 2.96. The summed E-state index contributed by atoms with van der Waals surface area (Å²) >= 11 is 0. The monoisotopic (exact) mass is 228 g/mol. The predicted octanol–water partition coefficient (Wildman–Crippen LogP) is 3.45. The Hall–Kier alpha value is -1.83. The summed E-state index contributed by atoms with van der Waals surface area (Å²) in [5.41, 5.74) is 2.67. The van der Waals surface area contributed by atoms with E-state index in [1.807, 2.05) is 18.2 Å². The van der Waals surface area contributed by atoms with Crippen LogP contribution in [0.3, 0.4) is 0 Å². The molecule has 2 rings (SSSR count). The van der Waals surface area contributed by atoms with Crippen LogP contribution in [0.4, 0.5) is 0 Å². The first-order chi connectivity index (χ1) is 8.22. The lowest BCUT2D eigenvalue weighted by atomic mass is 9.92. The van der Waals surface area contributed by atoms with Crippen molar-refractivity contribution in [2.75, 3.05) is 7.11 Å². The van der Waals surface area contributed by atoms with E-state index in [0.29, 0.717) is 11.5 Å². The molecule has 0 N–H and O–H groups in total. The first-order valence-corrected chi connectivity index (χ1v) is 5.78. The van der Waals surface area contributed by atoms with E-state index in [1.165, 1.54) is 7.11 Å². The maximum absolute atomic E-state index is 11.7. The van der Waals surface area contributed by atoms with Gasteiger partial charge >= 0.3 is 5.97 Å². The summed E-state index contributed by atoms with van der Waals surface area (Å²) in [6, 6.07) is 7.55. The summed E-state index contributed by atoms with van der Waals surface area (Å²) in [6.07, 6.45) is 7.44. The zero-order valence-electron chi connectivity index (χ0n) is 10.1. The minimum atomic E-state index is -0.284. The van der Waals surface area contributed by atoms with Crippen molar-refractivity contribution in [1.29, 1.82) is 0 Å². The van der Waals surface area contributed by atoms with Crippen molar-refractivity contribution in [3.05, 3.63) is 53.6 Å². The van der Waals surface area contributed by atoms with Crippen LogP contribution in [0.25, 0.3) is 5.57 Å². The quantitative estimate of drug-likeness (QED) is 0.725. The maximum Gasteiger partial charge on any atom is 0.338 e. The fraction of sp³-hybridized carbons (Fsp3) is 0.267. The molecule has 1 aliphatic rings. The van der Waals surface area contributed by atoms with E-state index in [-0.39, 0.29) is 5.97 Å². The normalized spacial score (nSPS) is 18.7. The van der Waals surface area contributed by atoms with Crippen LogP contribution in [0, 0.1) is 5.92 Å². The average molecular weight is 228 g/mol. The molecule has 1 aromatic rings. The van der Waals surface area contributed by atoms with Crippen molar-refractivity contribution in [3.63, 3.8) is 0 Å². The summed E-state index contributed by atoms with van der Waals surface area (Å²) in [4.78, 5) is 11.7. The fourth-order valence-electron chi connectivity index (χ4n) is 1.95. The number of rotatable bonds is 2. The number of ether oxygens (including phenoxy) is 1. The van der Waals surface area contributed by atoms with Gasteiger partial charge in [0, 0.05) is 0 Å². The number of hydrogen-bond acceptors (Lipinski definition) is 2. The van der Waals surface area contributed by atoms with Gasteiger partial charge in [-0.05, 0) is 29.5 Å². The first kappa shape index (κ1) is 11.6. The Morgan fingerprint density at radius 1 is 1.35 bits per heavy atom. The van der Waals surface area contributed by atoms with Crippen LogP contribution in [0.5, 0.6) is 0 Å². The van der Waals surface area contributed by atoms with Gasteiger partial charge in [-0.15, -0.1) is 0 Å². The highest BCUT2D eigenvalue weighted by molar-refractivity contribution is 5.96. The molecule has 0 radical (unpaired) electrons. The van der Waals surface area contributed by atoms with Gasteiger partial charge in [0.15, 0.2) is 0 Å². The van der Waals surface area contributed by atoms with Crippen molar-refractivity contribution >= 4 is 11.5 Å². The lowest BCUT2D eigenvalue weighted by Gasteiger charge is -2.14. The van der Waals surface area contributed by atoms with Gasteiger partial charge in [-0.3, -0.25) is 0 Å². The van der Waals surface area contributed by atoms with Gasteiger partial charge < -0.3 is 4.74 Å². The highest BCUT2D eigenvalue weighted by Gasteiger charge is 2.14. The molecule has 0 saturated carbocycles. The number of methoxy groups -OCH3 is 1. The third kappa shape index (κ3) is 2.47. The zero-order chi connectivity index (χ0) is 12.3. The van der Waals surface area contributed by atoms with Crippen LogP contribution in [0.2, 0.25) is 0 Å². The second-order valence-electron chi connectivity index (χ2n) is 4.27. The summed E-state index contributed by atoms with van der Waals surface area (Å²) < 4.78 is 4.80. The van der Waals surface area contributed by atoms with Gasteiger partial charge in [-0.1, -0.05) is 43.4 Å². The lowest BCUT2D eigenvalue weighted by Crippen LogP contribution is -2.05. The molecule has 0 aliphatic heterocycles. The molecule has 0 fully saturated rings. The second-order valence-corrected chi connectivity index (χ2v) is 4.27. The van der Waals surface area contributed by atoms with Crippen LogP contribution in [0.1, 0.15) is 29.3 Å². The third-order valence-corrected chi connectivity index (χ3v) is 2.96. The summed E-state index contributed by atoms with van der Waals surface area (Å²) in [5, 5.41) is 0. The number of benzene rings is 1. The van der Waals surface area contributed by atoms with Gasteiger partial charge in [-0.25, -0.2) is 4.79 Å². The highest BCUT2D eigenvalue weighted by atomic mass is 16.5. The van der Waals surface area contributed by atoms with Gasteiger partial charge in [0.1, 0.15) is 0 Å². The van der Waals surface area contributed by atoms with Gasteiger partial charge in [0.25, 0.3) is 0 Å². The highest BCUT2D eigenvalue weighted by Crippen LogP contribution is 2.26. The fourth-order valence-corrected chi connectivity index (χ4v) is 1.95. The minimum Gasteiger partial charge on any atom is -0.465 e. The standard InChI is InChI=1S/C15H16O2/c1-11-7-9-12(10-8-11)13-5-3-4-6-14(13)15(16)17-2/h3-7,9-11H,8H2,1-2H3.